The molecule has 2 rings (SSSR count). The Hall–Kier alpha value is -2.40. The van der Waals surface area contributed by atoms with E-state index < -0.39 is 0 Å². The molecule has 0 saturated heterocycles. The molecular weight excluding hydrogens is 328 g/mol. The number of amides is 1. The van der Waals surface area contributed by atoms with Crippen LogP contribution in [0.3, 0.4) is 0 Å². The third kappa shape index (κ3) is 4.32. The topological polar surface area (TPSA) is 50.8 Å². The van der Waals surface area contributed by atoms with Crippen LogP contribution in [0.4, 0.5) is 11.4 Å². The summed E-state index contributed by atoms with van der Waals surface area (Å²) in [4.78, 5) is 13.9. The number of hydrogen-bond donors (Lipinski definition) is 1. The molecule has 0 heterocycles. The van der Waals surface area contributed by atoms with Crippen LogP contribution in [-0.2, 0) is 4.79 Å². The van der Waals surface area contributed by atoms with E-state index in [0.717, 1.165) is 11.4 Å². The van der Waals surface area contributed by atoms with Crippen LogP contribution in [0, 0.1) is 0 Å². The summed E-state index contributed by atoms with van der Waals surface area (Å²) in [5.74, 6) is 1.17. The molecule has 6 heteroatoms. The van der Waals surface area contributed by atoms with Crippen LogP contribution in [0.1, 0.15) is 6.42 Å². The van der Waals surface area contributed by atoms with Gasteiger partial charge in [0.2, 0.25) is 5.91 Å². The number of hydrogen-bond acceptors (Lipinski definition) is 4. The monoisotopic (exact) mass is 348 g/mol. The van der Waals surface area contributed by atoms with Crippen LogP contribution in [0.15, 0.2) is 42.5 Å². The van der Waals surface area contributed by atoms with E-state index in [2.05, 4.69) is 5.32 Å². The molecule has 1 amide bonds. The maximum atomic E-state index is 12.3. The first-order valence-corrected chi connectivity index (χ1v) is 7.91. The highest BCUT2D eigenvalue weighted by Crippen LogP contribution is 2.35. The Balaban J connectivity index is 1.97. The average molecular weight is 349 g/mol. The number of anilines is 2. The number of ether oxygens (including phenoxy) is 2. The normalized spacial score (nSPS) is 10.2. The van der Waals surface area contributed by atoms with Crippen molar-refractivity contribution in [1.82, 2.24) is 0 Å². The van der Waals surface area contributed by atoms with Crippen LogP contribution in [0.2, 0.25) is 5.02 Å². The maximum Gasteiger partial charge on any atom is 0.228 e. The first kappa shape index (κ1) is 17.9. The summed E-state index contributed by atoms with van der Waals surface area (Å²) in [7, 11) is 4.89. The molecule has 128 valence electrons. The van der Waals surface area contributed by atoms with Crippen molar-refractivity contribution >= 4 is 28.9 Å². The zero-order valence-corrected chi connectivity index (χ0v) is 14.8. The third-order valence-electron chi connectivity index (χ3n) is 3.65. The van der Waals surface area contributed by atoms with Gasteiger partial charge in [-0.1, -0.05) is 29.8 Å². The van der Waals surface area contributed by atoms with Gasteiger partial charge in [0.05, 0.1) is 24.9 Å². The van der Waals surface area contributed by atoms with Gasteiger partial charge in [0.1, 0.15) is 11.5 Å². The summed E-state index contributed by atoms with van der Waals surface area (Å²) in [5.41, 5.74) is 1.60. The van der Waals surface area contributed by atoms with Gasteiger partial charge in [-0.15, -0.1) is 0 Å². The molecule has 2 aromatic rings. The van der Waals surface area contributed by atoms with E-state index >= 15 is 0 Å². The van der Waals surface area contributed by atoms with Crippen molar-refractivity contribution < 1.29 is 14.3 Å². The van der Waals surface area contributed by atoms with Gasteiger partial charge < -0.3 is 19.7 Å². The van der Waals surface area contributed by atoms with Gasteiger partial charge >= 0.3 is 0 Å². The van der Waals surface area contributed by atoms with Crippen LogP contribution >= 0.6 is 11.6 Å². The number of nitrogens with zero attached hydrogens (tertiary/aromatic N) is 1. The van der Waals surface area contributed by atoms with Crippen molar-refractivity contribution in [3.05, 3.63) is 47.5 Å². The number of benzene rings is 2. The molecule has 1 N–H and O–H groups in total. The average Bonchev–Trinajstić information content (AvgIpc) is 2.62. The van der Waals surface area contributed by atoms with Crippen LogP contribution in [-0.4, -0.2) is 33.7 Å². The molecule has 0 bridgehead atoms. The van der Waals surface area contributed by atoms with E-state index in [-0.39, 0.29) is 5.91 Å². The standard InChI is InChI=1S/C18H21ClN2O3/c1-21(13-7-5-4-6-8-13)18(22)9-10-20-15-12-16(23-2)14(19)11-17(15)24-3/h4-8,11-12,20H,9-10H2,1-3H3. The Kier molecular flexibility index (Phi) is 6.32. The van der Waals surface area contributed by atoms with Crippen molar-refractivity contribution in [3.63, 3.8) is 0 Å². The highest BCUT2D eigenvalue weighted by atomic mass is 35.5. The van der Waals surface area contributed by atoms with E-state index in [1.807, 2.05) is 30.3 Å². The molecule has 0 aliphatic rings. The van der Waals surface area contributed by atoms with Crippen molar-refractivity contribution in [1.29, 1.82) is 0 Å². The van der Waals surface area contributed by atoms with Gasteiger partial charge in [-0.2, -0.15) is 0 Å². The molecule has 0 aromatic heterocycles. The van der Waals surface area contributed by atoms with Crippen molar-refractivity contribution in [2.75, 3.05) is 38.0 Å². The van der Waals surface area contributed by atoms with Gasteiger partial charge in [-0.05, 0) is 12.1 Å². The summed E-state index contributed by atoms with van der Waals surface area (Å²) in [6.07, 6.45) is 0.347. The number of carbonyl (C=O) groups excluding carboxylic acids is 1. The first-order chi connectivity index (χ1) is 11.6. The fraction of sp³-hybridized carbons (Fsp3) is 0.278. The second-order valence-corrected chi connectivity index (χ2v) is 5.56. The lowest BCUT2D eigenvalue weighted by molar-refractivity contribution is -0.118. The Labute approximate surface area is 147 Å². The highest BCUT2D eigenvalue weighted by molar-refractivity contribution is 6.32. The Morgan fingerprint density at radius 3 is 2.42 bits per heavy atom. The van der Waals surface area contributed by atoms with Gasteiger partial charge in [0, 0.05) is 37.8 Å². The number of para-hydroxylation sites is 1. The van der Waals surface area contributed by atoms with E-state index in [1.165, 1.54) is 0 Å². The largest absolute Gasteiger partial charge is 0.495 e. The predicted molar refractivity (Wildman–Crippen MR) is 97.5 cm³/mol. The summed E-state index contributed by atoms with van der Waals surface area (Å²) in [6, 6.07) is 13.0. The molecule has 0 radical (unpaired) electrons. The fourth-order valence-electron chi connectivity index (χ4n) is 2.27. The summed E-state index contributed by atoms with van der Waals surface area (Å²) < 4.78 is 10.5. The van der Waals surface area contributed by atoms with E-state index in [0.29, 0.717) is 29.5 Å². The molecule has 0 atom stereocenters. The van der Waals surface area contributed by atoms with E-state index in [9.17, 15) is 4.79 Å². The minimum absolute atomic E-state index is 0.0218. The van der Waals surface area contributed by atoms with Crippen LogP contribution < -0.4 is 19.7 Å². The SMILES string of the molecule is COc1cc(NCCC(=O)N(C)c2ccccc2)c(OC)cc1Cl. The quantitative estimate of drug-likeness (QED) is 0.826. The molecule has 0 fully saturated rings. The molecule has 0 saturated carbocycles. The Bertz CT molecular complexity index is 692. The summed E-state index contributed by atoms with van der Waals surface area (Å²) in [5, 5.41) is 3.66. The first-order valence-electron chi connectivity index (χ1n) is 7.53. The second-order valence-electron chi connectivity index (χ2n) is 5.15. The second kappa shape index (κ2) is 8.45. The van der Waals surface area contributed by atoms with Gasteiger partial charge in [0.15, 0.2) is 0 Å². The zero-order valence-electron chi connectivity index (χ0n) is 14.0. The number of halogens is 1. The minimum Gasteiger partial charge on any atom is -0.495 e. The summed E-state index contributed by atoms with van der Waals surface area (Å²) in [6.45, 7) is 0.469. The smallest absolute Gasteiger partial charge is 0.228 e. The van der Waals surface area contributed by atoms with Gasteiger partial charge in [-0.25, -0.2) is 0 Å². The van der Waals surface area contributed by atoms with Crippen molar-refractivity contribution in [2.45, 2.75) is 6.42 Å². The Morgan fingerprint density at radius 2 is 1.79 bits per heavy atom. The lowest BCUT2D eigenvalue weighted by atomic mass is 10.2. The number of rotatable bonds is 7. The molecule has 5 nitrogen and oxygen atoms in total. The molecule has 0 spiro atoms. The fourth-order valence-corrected chi connectivity index (χ4v) is 2.50. The lowest BCUT2D eigenvalue weighted by Crippen LogP contribution is -2.27. The highest BCUT2D eigenvalue weighted by Gasteiger charge is 2.12. The molecule has 0 aliphatic carbocycles. The predicted octanol–water partition coefficient (Wildman–Crippen LogP) is 3.82. The third-order valence-corrected chi connectivity index (χ3v) is 3.94. The van der Waals surface area contributed by atoms with Gasteiger partial charge in [-0.3, -0.25) is 4.79 Å². The summed E-state index contributed by atoms with van der Waals surface area (Å²) >= 11 is 6.08. The molecule has 0 unspecified atom stereocenters. The lowest BCUT2D eigenvalue weighted by Gasteiger charge is -2.18. The molecule has 0 aliphatic heterocycles. The van der Waals surface area contributed by atoms with Crippen molar-refractivity contribution in [2.24, 2.45) is 0 Å². The molecule has 2 aromatic carbocycles. The number of nitrogens with one attached hydrogen (secondary N) is 1. The number of carbonyl (C=O) groups is 1. The molecular formula is C18H21ClN2O3. The minimum atomic E-state index is 0.0218. The zero-order chi connectivity index (χ0) is 17.5. The van der Waals surface area contributed by atoms with Gasteiger partial charge in [0.25, 0.3) is 0 Å². The van der Waals surface area contributed by atoms with E-state index in [1.54, 1.807) is 38.3 Å². The van der Waals surface area contributed by atoms with Crippen molar-refractivity contribution in [3.8, 4) is 11.5 Å². The van der Waals surface area contributed by atoms with E-state index in [4.69, 9.17) is 21.1 Å². The van der Waals surface area contributed by atoms with Crippen LogP contribution in [0.5, 0.6) is 11.5 Å². The maximum absolute atomic E-state index is 12.3. The molecule has 24 heavy (non-hydrogen) atoms. The van der Waals surface area contributed by atoms with Crippen LogP contribution in [0.25, 0.3) is 0 Å². The Morgan fingerprint density at radius 1 is 1.12 bits per heavy atom. The number of methoxy groups -OCH3 is 2.